The minimum atomic E-state index is 0.737. The van der Waals surface area contributed by atoms with E-state index in [4.69, 9.17) is 23.2 Å². The number of rotatable bonds is 2. The maximum absolute atomic E-state index is 5.99. The number of halogens is 2. The average Bonchev–Trinajstić information content (AvgIpc) is 1.99. The van der Waals surface area contributed by atoms with Crippen molar-refractivity contribution in [2.75, 3.05) is 0 Å². The molecule has 0 N–H and O–H groups in total. The fraction of sp³-hybridized carbons (Fsp3) is 0.556. The molecule has 1 aliphatic rings. The Hall–Kier alpha value is 0.0600. The summed E-state index contributed by atoms with van der Waals surface area (Å²) in [4.78, 5) is 0. The summed E-state index contributed by atoms with van der Waals surface area (Å²) in [5.41, 5.74) is 1.32. The summed E-state index contributed by atoms with van der Waals surface area (Å²) >= 11 is 11.9. The van der Waals surface area contributed by atoms with Crippen LogP contribution >= 0.6 is 23.2 Å². The van der Waals surface area contributed by atoms with Gasteiger partial charge in [-0.2, -0.15) is 0 Å². The first-order valence-corrected chi connectivity index (χ1v) is 4.75. The van der Waals surface area contributed by atoms with Crippen LogP contribution in [0.1, 0.15) is 32.6 Å². The molecule has 0 heterocycles. The summed E-state index contributed by atoms with van der Waals surface area (Å²) in [6.07, 6.45) is 6.36. The van der Waals surface area contributed by atoms with E-state index in [1.54, 1.807) is 0 Å². The number of allylic oxidation sites excluding steroid dienone is 4. The van der Waals surface area contributed by atoms with E-state index in [1.165, 1.54) is 5.57 Å². The van der Waals surface area contributed by atoms with Crippen LogP contribution in [0, 0.1) is 0 Å². The Morgan fingerprint density at radius 2 is 2.18 bits per heavy atom. The molecule has 62 valence electrons. The van der Waals surface area contributed by atoms with Gasteiger partial charge in [0.1, 0.15) is 0 Å². The highest BCUT2D eigenvalue weighted by atomic mass is 35.5. The SMILES string of the molecule is CCCC1=C(Cl)C(Cl)=CCC1. The van der Waals surface area contributed by atoms with Gasteiger partial charge in [0.15, 0.2) is 0 Å². The zero-order valence-electron chi connectivity index (χ0n) is 6.66. The molecule has 11 heavy (non-hydrogen) atoms. The highest BCUT2D eigenvalue weighted by molar-refractivity contribution is 6.44. The van der Waals surface area contributed by atoms with E-state index in [9.17, 15) is 0 Å². The molecule has 0 saturated heterocycles. The fourth-order valence-corrected chi connectivity index (χ4v) is 1.79. The normalized spacial score (nSPS) is 18.6. The van der Waals surface area contributed by atoms with Crippen LogP contribution in [0.3, 0.4) is 0 Å². The van der Waals surface area contributed by atoms with E-state index in [1.807, 2.05) is 6.08 Å². The molecule has 0 amide bonds. The molecule has 0 aromatic carbocycles. The monoisotopic (exact) mass is 190 g/mol. The lowest BCUT2D eigenvalue weighted by Gasteiger charge is -2.12. The molecule has 1 aliphatic carbocycles. The minimum Gasteiger partial charge on any atom is -0.0831 e. The largest absolute Gasteiger partial charge is 0.0831 e. The summed E-state index contributed by atoms with van der Waals surface area (Å²) < 4.78 is 0. The van der Waals surface area contributed by atoms with Crippen molar-refractivity contribution in [1.82, 2.24) is 0 Å². The lowest BCUT2D eigenvalue weighted by Crippen LogP contribution is -1.93. The van der Waals surface area contributed by atoms with E-state index in [0.717, 1.165) is 35.7 Å². The van der Waals surface area contributed by atoms with Gasteiger partial charge in [0.2, 0.25) is 0 Å². The van der Waals surface area contributed by atoms with E-state index in [-0.39, 0.29) is 0 Å². The van der Waals surface area contributed by atoms with Gasteiger partial charge >= 0.3 is 0 Å². The Labute approximate surface area is 77.9 Å². The first kappa shape index (κ1) is 9.15. The summed E-state index contributed by atoms with van der Waals surface area (Å²) in [6.45, 7) is 2.16. The summed E-state index contributed by atoms with van der Waals surface area (Å²) in [5, 5.41) is 1.53. The Kier molecular flexibility index (Phi) is 3.47. The van der Waals surface area contributed by atoms with E-state index < -0.39 is 0 Å². The van der Waals surface area contributed by atoms with Gasteiger partial charge in [0, 0.05) is 0 Å². The predicted molar refractivity (Wildman–Crippen MR) is 51.0 cm³/mol. The maximum atomic E-state index is 5.99. The van der Waals surface area contributed by atoms with Crippen LogP contribution in [0.5, 0.6) is 0 Å². The quantitative estimate of drug-likeness (QED) is 0.613. The Balaban J connectivity index is 2.74. The molecule has 0 nitrogen and oxygen atoms in total. The number of hydrogen-bond acceptors (Lipinski definition) is 0. The van der Waals surface area contributed by atoms with Crippen molar-refractivity contribution in [3.8, 4) is 0 Å². The topological polar surface area (TPSA) is 0 Å². The average molecular weight is 191 g/mol. The maximum Gasteiger partial charge on any atom is 0.0581 e. The van der Waals surface area contributed by atoms with Crippen molar-refractivity contribution in [3.05, 3.63) is 21.7 Å². The van der Waals surface area contributed by atoms with Crippen molar-refractivity contribution >= 4 is 23.2 Å². The van der Waals surface area contributed by atoms with Gasteiger partial charge < -0.3 is 0 Å². The highest BCUT2D eigenvalue weighted by Gasteiger charge is 2.10. The molecular formula is C9H12Cl2. The minimum absolute atomic E-state index is 0.737. The predicted octanol–water partition coefficient (Wildman–Crippen LogP) is 4.20. The smallest absolute Gasteiger partial charge is 0.0581 e. The van der Waals surface area contributed by atoms with Crippen molar-refractivity contribution in [2.45, 2.75) is 32.6 Å². The second-order valence-electron chi connectivity index (χ2n) is 2.76. The summed E-state index contributed by atoms with van der Waals surface area (Å²) in [6, 6.07) is 0. The Morgan fingerprint density at radius 1 is 1.45 bits per heavy atom. The molecule has 0 aliphatic heterocycles. The highest BCUT2D eigenvalue weighted by Crippen LogP contribution is 2.32. The molecule has 1 rings (SSSR count). The van der Waals surface area contributed by atoms with Crippen LogP contribution in [-0.2, 0) is 0 Å². The molecule has 0 aromatic heterocycles. The Morgan fingerprint density at radius 3 is 2.82 bits per heavy atom. The van der Waals surface area contributed by atoms with Crippen LogP contribution in [0.4, 0.5) is 0 Å². The van der Waals surface area contributed by atoms with E-state index >= 15 is 0 Å². The zero-order valence-corrected chi connectivity index (χ0v) is 8.17. The van der Waals surface area contributed by atoms with Gasteiger partial charge in [-0.15, -0.1) is 0 Å². The van der Waals surface area contributed by atoms with Gasteiger partial charge in [0.05, 0.1) is 10.1 Å². The van der Waals surface area contributed by atoms with Gasteiger partial charge in [0.25, 0.3) is 0 Å². The molecule has 2 heteroatoms. The van der Waals surface area contributed by atoms with Crippen LogP contribution < -0.4 is 0 Å². The molecule has 0 bridgehead atoms. The molecule has 0 unspecified atom stereocenters. The lowest BCUT2D eigenvalue weighted by molar-refractivity contribution is 0.815. The first-order valence-electron chi connectivity index (χ1n) is 3.99. The standard InChI is InChI=1S/C9H12Cl2/c1-2-4-7-5-3-6-8(10)9(7)11/h6H,2-5H2,1H3. The third-order valence-electron chi connectivity index (χ3n) is 1.84. The molecule has 0 fully saturated rings. The van der Waals surface area contributed by atoms with Crippen molar-refractivity contribution in [2.24, 2.45) is 0 Å². The number of hydrogen-bond donors (Lipinski definition) is 0. The Bertz CT molecular complexity index is 202. The van der Waals surface area contributed by atoms with Gasteiger partial charge in [-0.05, 0) is 24.8 Å². The summed E-state index contributed by atoms with van der Waals surface area (Å²) in [5.74, 6) is 0. The van der Waals surface area contributed by atoms with Crippen LogP contribution in [0.25, 0.3) is 0 Å². The van der Waals surface area contributed by atoms with Crippen LogP contribution in [0.15, 0.2) is 21.7 Å². The van der Waals surface area contributed by atoms with Gasteiger partial charge in [-0.1, -0.05) is 42.6 Å². The van der Waals surface area contributed by atoms with Crippen molar-refractivity contribution in [3.63, 3.8) is 0 Å². The fourth-order valence-electron chi connectivity index (χ4n) is 1.28. The molecule has 0 saturated carbocycles. The van der Waals surface area contributed by atoms with Crippen molar-refractivity contribution < 1.29 is 0 Å². The third-order valence-corrected chi connectivity index (χ3v) is 2.75. The van der Waals surface area contributed by atoms with Crippen LogP contribution in [-0.4, -0.2) is 0 Å². The van der Waals surface area contributed by atoms with E-state index in [0.29, 0.717) is 0 Å². The second-order valence-corrected chi connectivity index (χ2v) is 3.54. The van der Waals surface area contributed by atoms with Crippen molar-refractivity contribution in [1.29, 1.82) is 0 Å². The molecular weight excluding hydrogens is 179 g/mol. The molecule has 0 atom stereocenters. The summed E-state index contributed by atoms with van der Waals surface area (Å²) in [7, 11) is 0. The lowest BCUT2D eigenvalue weighted by atomic mass is 10.0. The first-order chi connectivity index (χ1) is 5.25. The van der Waals surface area contributed by atoms with Gasteiger partial charge in [-0.3, -0.25) is 0 Å². The van der Waals surface area contributed by atoms with Gasteiger partial charge in [-0.25, -0.2) is 0 Å². The second kappa shape index (κ2) is 4.18. The molecule has 0 spiro atoms. The van der Waals surface area contributed by atoms with Crippen LogP contribution in [0.2, 0.25) is 0 Å². The third kappa shape index (κ3) is 2.25. The molecule has 0 aromatic rings. The van der Waals surface area contributed by atoms with E-state index in [2.05, 4.69) is 6.92 Å². The zero-order chi connectivity index (χ0) is 8.27. The molecule has 0 radical (unpaired) electrons.